The highest BCUT2D eigenvalue weighted by Crippen LogP contribution is 2.41. The Morgan fingerprint density at radius 1 is 0.732 bits per heavy atom. The van der Waals surface area contributed by atoms with E-state index in [-0.39, 0.29) is 19.3 Å². The van der Waals surface area contributed by atoms with E-state index < -0.39 is 11.9 Å². The number of nitrogens with zero attached hydrogens (tertiary/aromatic N) is 2. The van der Waals surface area contributed by atoms with E-state index in [0.717, 1.165) is 85.8 Å². The third kappa shape index (κ3) is 11.1. The number of hydrogen-bond donors (Lipinski definition) is 0. The van der Waals surface area contributed by atoms with Crippen molar-refractivity contribution in [2.45, 2.75) is 38.3 Å². The molecule has 2 aliphatic rings. The van der Waals surface area contributed by atoms with E-state index in [4.69, 9.17) is 42.6 Å². The normalized spacial score (nSPS) is 16.4. The molecule has 2 aliphatic heterocycles. The Hall–Kier alpha value is -4.98. The van der Waals surface area contributed by atoms with Gasteiger partial charge in [-0.1, -0.05) is 12.1 Å². The second kappa shape index (κ2) is 20.8. The molecule has 2 heterocycles. The summed E-state index contributed by atoms with van der Waals surface area (Å²) in [4.78, 5) is 27.5. The number of benzene rings is 3. The topological polar surface area (TPSA) is 120 Å². The molecule has 56 heavy (non-hydrogen) atoms. The predicted molar refractivity (Wildman–Crippen MR) is 210 cm³/mol. The van der Waals surface area contributed by atoms with Crippen LogP contribution in [-0.2, 0) is 43.2 Å². The van der Waals surface area contributed by atoms with Crippen LogP contribution in [-0.4, -0.2) is 123 Å². The fourth-order valence-corrected chi connectivity index (χ4v) is 7.62. The standard InChI is InChI=1S/C43H57N2O11/c1-48-34-11-9-31(10-12-34)25-36-35-29-38(50-3)37(49-2)28-33(35)15-17-44(36)16-7-21-55-41(46)13-14-42(47)56-22-8-18-45(19-23-54-24-20-45)30-32-26-39(51-4)43(53-6)40(27-32)52-5/h9-14,26-29,36H,7-8,15-25,30H2,1-6H3/q+1. The second-order valence-electron chi connectivity index (χ2n) is 14.0. The minimum Gasteiger partial charge on any atom is -0.497 e. The molecule has 0 aromatic heterocycles. The number of hydrogen-bond acceptors (Lipinski definition) is 12. The first-order valence-corrected chi connectivity index (χ1v) is 19.1. The molecule has 0 radical (unpaired) electrons. The summed E-state index contributed by atoms with van der Waals surface area (Å²) in [6, 6.07) is 16.3. The summed E-state index contributed by atoms with van der Waals surface area (Å²) in [6.45, 7) is 6.49. The molecule has 0 aliphatic carbocycles. The van der Waals surface area contributed by atoms with Gasteiger partial charge in [-0.3, -0.25) is 4.90 Å². The summed E-state index contributed by atoms with van der Waals surface area (Å²) in [5.74, 6) is 2.84. The monoisotopic (exact) mass is 777 g/mol. The van der Waals surface area contributed by atoms with Crippen molar-refractivity contribution in [3.8, 4) is 34.5 Å². The van der Waals surface area contributed by atoms with E-state index in [1.54, 1.807) is 42.7 Å². The largest absolute Gasteiger partial charge is 0.497 e. The van der Waals surface area contributed by atoms with Gasteiger partial charge in [0.1, 0.15) is 25.4 Å². The first-order valence-electron chi connectivity index (χ1n) is 19.1. The summed E-state index contributed by atoms with van der Waals surface area (Å²) in [5, 5.41) is 0. The molecule has 3 aromatic carbocycles. The molecule has 0 N–H and O–H groups in total. The quantitative estimate of drug-likeness (QED) is 0.0637. The SMILES string of the molecule is COc1ccc(CC2c3cc(OC)c(OC)cc3CCN2CCCOC(=O)C=CC(=O)OCCC[N+]2(Cc3cc(OC)c(OC)c(OC)c3)CCOCC2)cc1. The van der Waals surface area contributed by atoms with Gasteiger partial charge in [-0.2, -0.15) is 0 Å². The molecule has 1 unspecified atom stereocenters. The van der Waals surface area contributed by atoms with E-state index in [2.05, 4.69) is 29.2 Å². The zero-order valence-corrected chi connectivity index (χ0v) is 33.6. The summed E-state index contributed by atoms with van der Waals surface area (Å²) in [7, 11) is 9.76. The van der Waals surface area contributed by atoms with Gasteiger partial charge in [0.2, 0.25) is 5.75 Å². The number of quaternary nitrogens is 1. The molecule has 0 amide bonds. The van der Waals surface area contributed by atoms with Gasteiger partial charge < -0.3 is 47.1 Å². The summed E-state index contributed by atoms with van der Waals surface area (Å²) >= 11 is 0. The Morgan fingerprint density at radius 3 is 1.93 bits per heavy atom. The summed E-state index contributed by atoms with van der Waals surface area (Å²) in [6.07, 6.45) is 5.19. The minimum atomic E-state index is -0.583. The zero-order valence-electron chi connectivity index (χ0n) is 33.6. The molecule has 13 heteroatoms. The van der Waals surface area contributed by atoms with Crippen molar-refractivity contribution >= 4 is 11.9 Å². The Bertz CT molecular complexity index is 1750. The molecule has 0 saturated carbocycles. The average molecular weight is 778 g/mol. The smallest absolute Gasteiger partial charge is 0.331 e. The molecule has 0 spiro atoms. The Labute approximate surface area is 330 Å². The van der Waals surface area contributed by atoms with E-state index >= 15 is 0 Å². The lowest BCUT2D eigenvalue weighted by molar-refractivity contribution is -0.947. The molecule has 304 valence electrons. The third-order valence-electron chi connectivity index (χ3n) is 10.6. The molecule has 13 nitrogen and oxygen atoms in total. The maximum absolute atomic E-state index is 12.5. The second-order valence-corrected chi connectivity index (χ2v) is 14.0. The van der Waals surface area contributed by atoms with Crippen molar-refractivity contribution in [1.82, 2.24) is 4.90 Å². The van der Waals surface area contributed by atoms with Crippen molar-refractivity contribution in [2.24, 2.45) is 0 Å². The van der Waals surface area contributed by atoms with Crippen LogP contribution in [0.4, 0.5) is 0 Å². The van der Waals surface area contributed by atoms with Crippen LogP contribution in [0.2, 0.25) is 0 Å². The number of morpholine rings is 1. The number of ether oxygens (including phenoxy) is 9. The van der Waals surface area contributed by atoms with Crippen molar-refractivity contribution in [3.63, 3.8) is 0 Å². The van der Waals surface area contributed by atoms with Gasteiger partial charge in [0.05, 0.1) is 75.6 Å². The van der Waals surface area contributed by atoms with Gasteiger partial charge >= 0.3 is 11.9 Å². The Balaban J connectivity index is 1.09. The van der Waals surface area contributed by atoms with Crippen LogP contribution in [0.25, 0.3) is 0 Å². The highest BCUT2D eigenvalue weighted by Gasteiger charge is 2.32. The number of fused-ring (bicyclic) bond motifs is 1. The number of rotatable bonds is 20. The van der Waals surface area contributed by atoms with Crippen molar-refractivity contribution in [2.75, 3.05) is 102 Å². The van der Waals surface area contributed by atoms with Gasteiger partial charge in [0, 0.05) is 43.3 Å². The number of carbonyl (C=O) groups excluding carboxylic acids is 2. The molecule has 5 rings (SSSR count). The molecule has 1 fully saturated rings. The number of esters is 2. The molecule has 1 saturated heterocycles. The minimum absolute atomic E-state index is 0.0897. The lowest BCUT2D eigenvalue weighted by atomic mass is 9.88. The van der Waals surface area contributed by atoms with Crippen molar-refractivity contribution in [1.29, 1.82) is 0 Å². The third-order valence-corrected chi connectivity index (χ3v) is 10.6. The van der Waals surface area contributed by atoms with Crippen LogP contribution in [0.3, 0.4) is 0 Å². The zero-order chi connectivity index (χ0) is 39.9. The van der Waals surface area contributed by atoms with Crippen LogP contribution < -0.4 is 28.4 Å². The molecule has 1 atom stereocenters. The van der Waals surface area contributed by atoms with Crippen molar-refractivity contribution < 1.29 is 56.7 Å². The van der Waals surface area contributed by atoms with E-state index in [1.807, 2.05) is 24.3 Å². The highest BCUT2D eigenvalue weighted by atomic mass is 16.5. The average Bonchev–Trinajstić information content (AvgIpc) is 3.23. The van der Waals surface area contributed by atoms with Crippen LogP contribution in [0.15, 0.2) is 60.7 Å². The molecule has 0 bridgehead atoms. The van der Waals surface area contributed by atoms with Gasteiger partial charge in [-0.15, -0.1) is 0 Å². The Kier molecular flexibility index (Phi) is 15.7. The van der Waals surface area contributed by atoms with Crippen LogP contribution >= 0.6 is 0 Å². The van der Waals surface area contributed by atoms with Crippen molar-refractivity contribution in [3.05, 3.63) is 82.9 Å². The number of methoxy groups -OCH3 is 6. The highest BCUT2D eigenvalue weighted by molar-refractivity contribution is 5.91. The molecular weight excluding hydrogens is 720 g/mol. The van der Waals surface area contributed by atoms with E-state index in [0.29, 0.717) is 49.1 Å². The number of carbonyl (C=O) groups is 2. The van der Waals surface area contributed by atoms with Crippen LogP contribution in [0.1, 0.15) is 41.1 Å². The van der Waals surface area contributed by atoms with E-state index in [9.17, 15) is 9.59 Å². The first-order chi connectivity index (χ1) is 27.2. The molecule has 3 aromatic rings. The Morgan fingerprint density at radius 2 is 1.34 bits per heavy atom. The fraction of sp³-hybridized carbons (Fsp3) is 0.488. The summed E-state index contributed by atoms with van der Waals surface area (Å²) in [5.41, 5.74) is 4.67. The lowest BCUT2D eigenvalue weighted by Gasteiger charge is -2.41. The first kappa shape index (κ1) is 42.2. The molecular formula is C43H57N2O11+. The lowest BCUT2D eigenvalue weighted by Crippen LogP contribution is -2.55. The van der Waals surface area contributed by atoms with Gasteiger partial charge in [-0.25, -0.2) is 9.59 Å². The van der Waals surface area contributed by atoms with Gasteiger partial charge in [0.25, 0.3) is 0 Å². The maximum atomic E-state index is 12.5. The summed E-state index contributed by atoms with van der Waals surface area (Å²) < 4.78 is 50.6. The maximum Gasteiger partial charge on any atom is 0.331 e. The predicted octanol–water partition coefficient (Wildman–Crippen LogP) is 5.35. The van der Waals surface area contributed by atoms with Gasteiger partial charge in [0.15, 0.2) is 23.0 Å². The van der Waals surface area contributed by atoms with E-state index in [1.165, 1.54) is 16.7 Å². The van der Waals surface area contributed by atoms with Crippen LogP contribution in [0.5, 0.6) is 34.5 Å². The van der Waals surface area contributed by atoms with Gasteiger partial charge in [-0.05, 0) is 72.4 Å². The van der Waals surface area contributed by atoms with Crippen LogP contribution in [0, 0.1) is 0 Å². The fourth-order valence-electron chi connectivity index (χ4n) is 7.62.